The lowest BCUT2D eigenvalue weighted by Gasteiger charge is -2.17. The van der Waals surface area contributed by atoms with Gasteiger partial charge in [-0.2, -0.15) is 0 Å². The molecule has 0 unspecified atom stereocenters. The van der Waals surface area contributed by atoms with Crippen molar-refractivity contribution in [3.05, 3.63) is 29.8 Å². The summed E-state index contributed by atoms with van der Waals surface area (Å²) in [6.07, 6.45) is 1.98. The number of unbranched alkanes of at least 4 members (excludes halogenated alkanes) is 1. The summed E-state index contributed by atoms with van der Waals surface area (Å²) in [6, 6.07) is 3.15. The molecule has 1 rings (SSSR count). The summed E-state index contributed by atoms with van der Waals surface area (Å²) in [6.45, 7) is 3.25. The fourth-order valence-corrected chi connectivity index (χ4v) is 1.53. The zero-order valence-corrected chi connectivity index (χ0v) is 11.8. The average molecular weight is 286 g/mol. The van der Waals surface area contributed by atoms with Crippen molar-refractivity contribution in [3.63, 3.8) is 0 Å². The van der Waals surface area contributed by atoms with Gasteiger partial charge in [-0.05, 0) is 18.6 Å². The minimum atomic E-state index is -0.953. The first kappa shape index (κ1) is 16.2. The Morgan fingerprint density at radius 2 is 2.10 bits per heavy atom. The number of carbonyl (C=O) groups is 1. The van der Waals surface area contributed by atoms with Gasteiger partial charge in [0.15, 0.2) is 11.6 Å². The third kappa shape index (κ3) is 5.42. The molecule has 4 nitrogen and oxygen atoms in total. The molecular weight excluding hydrogens is 266 g/mol. The highest BCUT2D eigenvalue weighted by molar-refractivity contribution is 5.73. The molecule has 0 atom stereocenters. The van der Waals surface area contributed by atoms with Crippen molar-refractivity contribution >= 4 is 6.03 Å². The van der Waals surface area contributed by atoms with Gasteiger partial charge >= 0.3 is 6.03 Å². The van der Waals surface area contributed by atoms with Crippen LogP contribution in [-0.2, 0) is 0 Å². The molecule has 0 spiro atoms. The lowest BCUT2D eigenvalue weighted by Crippen LogP contribution is -2.39. The minimum Gasteiger partial charge on any atom is -0.492 e. The number of carbonyl (C=O) groups excluding carboxylic acids is 1. The SMILES string of the molecule is CCCCN(C)C(=O)NCCOc1ccc(F)c(F)c1. The zero-order chi connectivity index (χ0) is 15.0. The molecule has 0 heterocycles. The molecule has 0 fully saturated rings. The van der Waals surface area contributed by atoms with E-state index in [1.165, 1.54) is 6.07 Å². The van der Waals surface area contributed by atoms with Crippen LogP contribution in [0.1, 0.15) is 19.8 Å². The Labute approximate surface area is 117 Å². The molecule has 112 valence electrons. The van der Waals surface area contributed by atoms with Crippen LogP contribution >= 0.6 is 0 Å². The van der Waals surface area contributed by atoms with Gasteiger partial charge in [0.25, 0.3) is 0 Å². The molecule has 20 heavy (non-hydrogen) atoms. The summed E-state index contributed by atoms with van der Waals surface area (Å²) in [7, 11) is 1.72. The molecule has 0 radical (unpaired) electrons. The summed E-state index contributed by atoms with van der Waals surface area (Å²) >= 11 is 0. The van der Waals surface area contributed by atoms with Crippen LogP contribution in [0.5, 0.6) is 5.75 Å². The molecular formula is C14H20F2N2O2. The van der Waals surface area contributed by atoms with E-state index < -0.39 is 11.6 Å². The van der Waals surface area contributed by atoms with E-state index in [0.717, 1.165) is 25.0 Å². The highest BCUT2D eigenvalue weighted by atomic mass is 19.2. The molecule has 0 aromatic heterocycles. The normalized spacial score (nSPS) is 10.2. The number of nitrogens with zero attached hydrogens (tertiary/aromatic N) is 1. The quantitative estimate of drug-likeness (QED) is 0.783. The molecule has 0 saturated heterocycles. The van der Waals surface area contributed by atoms with E-state index in [4.69, 9.17) is 4.74 Å². The molecule has 0 aliphatic carbocycles. The van der Waals surface area contributed by atoms with E-state index in [2.05, 4.69) is 12.2 Å². The Balaban J connectivity index is 2.24. The molecule has 6 heteroatoms. The Morgan fingerprint density at radius 3 is 2.75 bits per heavy atom. The molecule has 0 bridgehead atoms. The summed E-state index contributed by atoms with van der Waals surface area (Å²) in [5.41, 5.74) is 0. The van der Waals surface area contributed by atoms with Crippen LogP contribution < -0.4 is 10.1 Å². The predicted octanol–water partition coefficient (Wildman–Crippen LogP) is 2.79. The van der Waals surface area contributed by atoms with Gasteiger partial charge in [-0.1, -0.05) is 13.3 Å². The molecule has 2 amide bonds. The fourth-order valence-electron chi connectivity index (χ4n) is 1.53. The zero-order valence-electron chi connectivity index (χ0n) is 11.8. The summed E-state index contributed by atoms with van der Waals surface area (Å²) in [5.74, 6) is -1.63. The van der Waals surface area contributed by atoms with E-state index in [0.29, 0.717) is 13.1 Å². The smallest absolute Gasteiger partial charge is 0.317 e. The van der Waals surface area contributed by atoms with Crippen LogP contribution in [0.4, 0.5) is 13.6 Å². The van der Waals surface area contributed by atoms with Crippen molar-refractivity contribution in [1.82, 2.24) is 10.2 Å². The Bertz CT molecular complexity index is 441. The van der Waals surface area contributed by atoms with Crippen LogP contribution in [0.3, 0.4) is 0 Å². The van der Waals surface area contributed by atoms with Gasteiger partial charge in [-0.3, -0.25) is 0 Å². The lowest BCUT2D eigenvalue weighted by molar-refractivity contribution is 0.204. The number of rotatable bonds is 7. The minimum absolute atomic E-state index is 0.174. The second kappa shape index (κ2) is 8.35. The number of nitrogens with one attached hydrogen (secondary N) is 1. The number of hydrogen-bond donors (Lipinski definition) is 1. The van der Waals surface area contributed by atoms with Crippen LogP contribution in [0, 0.1) is 11.6 Å². The van der Waals surface area contributed by atoms with E-state index >= 15 is 0 Å². The van der Waals surface area contributed by atoms with Gasteiger partial charge in [-0.15, -0.1) is 0 Å². The topological polar surface area (TPSA) is 41.6 Å². The molecule has 1 aromatic rings. The highest BCUT2D eigenvalue weighted by Gasteiger charge is 2.07. The number of ether oxygens (including phenoxy) is 1. The van der Waals surface area contributed by atoms with E-state index in [1.54, 1.807) is 11.9 Å². The molecule has 0 aliphatic rings. The number of benzene rings is 1. The lowest BCUT2D eigenvalue weighted by atomic mass is 10.3. The Kier molecular flexibility index (Phi) is 6.76. The van der Waals surface area contributed by atoms with E-state index in [1.807, 2.05) is 0 Å². The first-order valence-electron chi connectivity index (χ1n) is 6.61. The number of amides is 2. The second-order valence-corrected chi connectivity index (χ2v) is 4.43. The maximum Gasteiger partial charge on any atom is 0.317 e. The fraction of sp³-hybridized carbons (Fsp3) is 0.500. The number of urea groups is 1. The molecule has 1 N–H and O–H groups in total. The van der Waals surface area contributed by atoms with Crippen molar-refractivity contribution in [2.75, 3.05) is 26.7 Å². The van der Waals surface area contributed by atoms with Gasteiger partial charge < -0.3 is 15.0 Å². The number of hydrogen-bond acceptors (Lipinski definition) is 2. The van der Waals surface area contributed by atoms with Gasteiger partial charge in [0, 0.05) is 19.7 Å². The molecule has 0 aliphatic heterocycles. The largest absolute Gasteiger partial charge is 0.492 e. The predicted molar refractivity (Wildman–Crippen MR) is 72.8 cm³/mol. The third-order valence-corrected chi connectivity index (χ3v) is 2.73. The molecule has 0 saturated carbocycles. The van der Waals surface area contributed by atoms with Crippen molar-refractivity contribution < 1.29 is 18.3 Å². The van der Waals surface area contributed by atoms with Crippen LogP contribution in [-0.4, -0.2) is 37.7 Å². The van der Waals surface area contributed by atoms with Crippen molar-refractivity contribution in [1.29, 1.82) is 0 Å². The van der Waals surface area contributed by atoms with Crippen molar-refractivity contribution in [2.24, 2.45) is 0 Å². The average Bonchev–Trinajstić information content (AvgIpc) is 2.44. The van der Waals surface area contributed by atoms with Crippen LogP contribution in [0.25, 0.3) is 0 Å². The van der Waals surface area contributed by atoms with E-state index in [9.17, 15) is 13.6 Å². The highest BCUT2D eigenvalue weighted by Crippen LogP contribution is 2.14. The van der Waals surface area contributed by atoms with Crippen LogP contribution in [0.2, 0.25) is 0 Å². The summed E-state index contributed by atoms with van der Waals surface area (Å²) in [5, 5.41) is 2.68. The third-order valence-electron chi connectivity index (χ3n) is 2.73. The van der Waals surface area contributed by atoms with E-state index in [-0.39, 0.29) is 18.4 Å². The van der Waals surface area contributed by atoms with Crippen LogP contribution in [0.15, 0.2) is 18.2 Å². The van der Waals surface area contributed by atoms with Gasteiger partial charge in [0.1, 0.15) is 12.4 Å². The van der Waals surface area contributed by atoms with Crippen molar-refractivity contribution in [3.8, 4) is 5.75 Å². The first-order chi connectivity index (χ1) is 9.54. The first-order valence-corrected chi connectivity index (χ1v) is 6.61. The monoisotopic (exact) mass is 286 g/mol. The summed E-state index contributed by atoms with van der Waals surface area (Å²) in [4.78, 5) is 13.2. The van der Waals surface area contributed by atoms with Gasteiger partial charge in [0.05, 0.1) is 6.54 Å². The van der Waals surface area contributed by atoms with Crippen molar-refractivity contribution in [2.45, 2.75) is 19.8 Å². The standard InChI is InChI=1S/C14H20F2N2O2/c1-3-4-8-18(2)14(19)17-7-9-20-11-5-6-12(15)13(16)10-11/h5-6,10H,3-4,7-9H2,1-2H3,(H,17,19). The second-order valence-electron chi connectivity index (χ2n) is 4.43. The summed E-state index contributed by atoms with van der Waals surface area (Å²) < 4.78 is 30.8. The van der Waals surface area contributed by atoms with Gasteiger partial charge in [0.2, 0.25) is 0 Å². The molecule has 1 aromatic carbocycles. The maximum atomic E-state index is 12.9. The Morgan fingerprint density at radius 1 is 1.35 bits per heavy atom. The number of halogens is 2. The van der Waals surface area contributed by atoms with Gasteiger partial charge in [-0.25, -0.2) is 13.6 Å². The maximum absolute atomic E-state index is 12.9. The Hall–Kier alpha value is -1.85.